The highest BCUT2D eigenvalue weighted by molar-refractivity contribution is 14.0. The summed E-state index contributed by atoms with van der Waals surface area (Å²) in [6.07, 6.45) is 13.4. The van der Waals surface area contributed by atoms with Crippen LogP contribution in [0, 0.1) is 16.2 Å². The lowest BCUT2D eigenvalue weighted by Crippen LogP contribution is -2.60. The van der Waals surface area contributed by atoms with Crippen molar-refractivity contribution in [3.8, 4) is 0 Å². The number of aromatic nitrogens is 6. The molecule has 4 aromatic heterocycles. The Bertz CT molecular complexity index is 2860. The van der Waals surface area contributed by atoms with Crippen LogP contribution in [0.1, 0.15) is 93.4 Å². The summed E-state index contributed by atoms with van der Waals surface area (Å²) in [6, 6.07) is 3.95. The van der Waals surface area contributed by atoms with Crippen LogP contribution in [0.5, 0.6) is 0 Å². The molecule has 7 saturated heterocycles. The van der Waals surface area contributed by atoms with Crippen molar-refractivity contribution >= 4 is 128 Å². The number of carbonyl (C=O) groups excluding carboxylic acids is 1. The highest BCUT2D eigenvalue weighted by atomic mass is 127. The molecule has 0 bridgehead atoms. The number of hydrogen-bond acceptors (Lipinski definition) is 22. The van der Waals surface area contributed by atoms with E-state index in [9.17, 15) is 9.00 Å². The van der Waals surface area contributed by atoms with E-state index in [1.165, 1.54) is 42.6 Å². The van der Waals surface area contributed by atoms with Crippen molar-refractivity contribution in [3.63, 3.8) is 0 Å². The molecule has 7 atom stereocenters. The summed E-state index contributed by atoms with van der Waals surface area (Å²) in [5.74, 6) is 1.92. The predicted molar refractivity (Wildman–Crippen MR) is 337 cm³/mol. The van der Waals surface area contributed by atoms with Gasteiger partial charge in [0.15, 0.2) is 11.6 Å². The maximum Gasteiger partial charge on any atom is 0.410 e. The Labute approximate surface area is 524 Å². The highest BCUT2D eigenvalue weighted by Gasteiger charge is 2.56. The number of nitrogens with two attached hydrogens (primary N) is 6. The Kier molecular flexibility index (Phi) is 22.5. The molecule has 0 radical (unpaired) electrons. The molecule has 4 aromatic rings. The number of carbonyl (C=O) groups is 1. The molecule has 0 aliphatic carbocycles. The van der Waals surface area contributed by atoms with Crippen molar-refractivity contribution in [2.24, 2.45) is 27.7 Å². The summed E-state index contributed by atoms with van der Waals surface area (Å²) < 4.78 is 38.5. The number of fused-ring (bicyclic) bond motifs is 2. The minimum atomic E-state index is -1.06. The Balaban J connectivity index is 0.000000163. The number of pyridine rings is 2. The van der Waals surface area contributed by atoms with Crippen LogP contribution in [-0.2, 0) is 29.9 Å². The fourth-order valence-corrected chi connectivity index (χ4v) is 14.8. The Morgan fingerprint density at radius 3 is 1.70 bits per heavy atom. The lowest BCUT2D eigenvalue weighted by atomic mass is 9.72. The number of nitrogen functional groups attached to an aromatic ring is 4. The van der Waals surface area contributed by atoms with Gasteiger partial charge in [-0.1, -0.05) is 58.3 Å². The van der Waals surface area contributed by atoms with Crippen LogP contribution in [0.25, 0.3) is 0 Å². The van der Waals surface area contributed by atoms with Gasteiger partial charge in [-0.25, -0.2) is 43.6 Å². The number of amides is 1. The molecule has 3 spiro atoms. The van der Waals surface area contributed by atoms with Crippen LogP contribution in [0.15, 0.2) is 56.8 Å². The second kappa shape index (κ2) is 27.7. The number of likely N-dealkylation sites (tertiary alicyclic amines) is 1. The van der Waals surface area contributed by atoms with Crippen LogP contribution in [0.3, 0.4) is 0 Å². The van der Waals surface area contributed by atoms with Crippen molar-refractivity contribution in [3.05, 3.63) is 52.1 Å². The highest BCUT2D eigenvalue weighted by Crippen LogP contribution is 2.48. The first-order valence-corrected chi connectivity index (χ1v) is 31.2. The van der Waals surface area contributed by atoms with Crippen LogP contribution < -0.4 is 49.3 Å². The molecule has 7 aliphatic rings. The van der Waals surface area contributed by atoms with Gasteiger partial charge in [0.2, 0.25) is 0 Å². The summed E-state index contributed by atoms with van der Waals surface area (Å²) in [4.78, 5) is 42.5. The number of anilines is 5. The monoisotopic (exact) mass is 1360 g/mol. The molecule has 0 aromatic carbocycles. The number of hydrogen-bond donors (Lipinski definition) is 8. The maximum atomic E-state index is 12.5. The molecule has 0 unspecified atom stereocenters. The fraction of sp³-hybridized carbons (Fsp3) is 0.642. The van der Waals surface area contributed by atoms with Gasteiger partial charge in [0.05, 0.1) is 82.3 Å². The third-order valence-corrected chi connectivity index (χ3v) is 21.5. The second-order valence-corrected chi connectivity index (χ2v) is 28.7. The largest absolute Gasteiger partial charge is 0.444 e. The molecule has 454 valence electrons. The molecule has 7 aliphatic heterocycles. The first kappa shape index (κ1) is 66.4. The SMILES string of the molecule is CC(C)(C)OC(=O)N1CCC2(CC1)CO[C@H]1CC(C)(C)[S@@](=O)N[C@H]12.C[C@@H]1OCC2(CCN(c3cnc(Sc4ccnc(N)c4Cl)c(N)n3)CC2)[C@@H]1N.C[C@@H]1OCC2(CCNCC2)[C@@H]1N.I.Nc1nc(Cl)cnc1Sc1ccnc(N)c1Cl. The van der Waals surface area contributed by atoms with E-state index in [-0.39, 0.29) is 105 Å². The number of halogens is 4. The molecule has 29 heteroatoms. The van der Waals surface area contributed by atoms with E-state index in [0.717, 1.165) is 82.2 Å². The average Bonchev–Trinajstić information content (AvgIpc) is 4.17. The lowest BCUT2D eigenvalue weighted by Gasteiger charge is -2.46. The van der Waals surface area contributed by atoms with Crippen molar-refractivity contribution < 1.29 is 28.0 Å². The average molecular weight is 1370 g/mol. The first-order chi connectivity index (χ1) is 38.2. The van der Waals surface area contributed by atoms with E-state index in [2.05, 4.69) is 58.7 Å². The maximum absolute atomic E-state index is 12.5. The topological polar surface area (TPSA) is 335 Å². The molecular weight excluding hydrogens is 1290 g/mol. The molecule has 11 heterocycles. The Morgan fingerprint density at radius 2 is 1.21 bits per heavy atom. The van der Waals surface area contributed by atoms with E-state index in [1.54, 1.807) is 35.6 Å². The first-order valence-electron chi connectivity index (χ1n) is 27.3. The van der Waals surface area contributed by atoms with E-state index in [4.69, 9.17) is 88.2 Å². The summed E-state index contributed by atoms with van der Waals surface area (Å²) in [7, 11) is -1.06. The van der Waals surface area contributed by atoms with Crippen molar-refractivity contribution in [1.29, 1.82) is 0 Å². The smallest absolute Gasteiger partial charge is 0.410 e. The molecule has 1 amide bonds. The number of piperidine rings is 3. The normalized spacial score (nSPS) is 26.5. The summed E-state index contributed by atoms with van der Waals surface area (Å²) in [5.41, 5.74) is 35.6. The van der Waals surface area contributed by atoms with Gasteiger partial charge >= 0.3 is 6.09 Å². The molecule has 11 rings (SSSR count). The third kappa shape index (κ3) is 15.5. The van der Waals surface area contributed by atoms with Gasteiger partial charge in [-0.2, -0.15) is 0 Å². The summed E-state index contributed by atoms with van der Waals surface area (Å²) >= 11 is 20.4. The van der Waals surface area contributed by atoms with Gasteiger partial charge in [0.1, 0.15) is 38.3 Å². The molecule has 22 nitrogen and oxygen atoms in total. The fourth-order valence-electron chi connectivity index (χ4n) is 11.3. The zero-order chi connectivity index (χ0) is 58.7. The van der Waals surface area contributed by atoms with Gasteiger partial charge in [-0.15, -0.1) is 24.0 Å². The van der Waals surface area contributed by atoms with Gasteiger partial charge in [0.25, 0.3) is 0 Å². The lowest BCUT2D eigenvalue weighted by molar-refractivity contribution is 0.00647. The quantitative estimate of drug-likeness (QED) is 0.0892. The zero-order valence-corrected chi connectivity index (χ0v) is 54.5. The molecule has 0 saturated carbocycles. The summed E-state index contributed by atoms with van der Waals surface area (Å²) in [6.45, 7) is 21.4. The van der Waals surface area contributed by atoms with Crippen molar-refractivity contribution in [2.45, 2.75) is 160 Å². The minimum Gasteiger partial charge on any atom is -0.444 e. The Hall–Kier alpha value is -3.10. The van der Waals surface area contributed by atoms with Crippen LogP contribution in [0.2, 0.25) is 15.2 Å². The predicted octanol–water partition coefficient (Wildman–Crippen LogP) is 7.59. The molecule has 7 fully saturated rings. The van der Waals surface area contributed by atoms with Gasteiger partial charge in [-0.3, -0.25) is 0 Å². The molecule has 14 N–H and O–H groups in total. The number of rotatable bonds is 5. The third-order valence-electron chi connectivity index (χ3n) is 16.5. The molecular formula is C53H80Cl3IN16O6S3. The van der Waals surface area contributed by atoms with E-state index in [1.807, 2.05) is 34.6 Å². The number of nitrogens with zero attached hydrogens (tertiary/aromatic N) is 8. The standard InChI is InChI=1S/C18H24ClN7OS.C17H30N2O4S.C9H7Cl2N5S.C9H18N2O.HI/c1-10-14(20)18(9-27-10)3-6-26(7-4-18)12-8-24-17(16(22)25-12)28-11-2-5-23-15(21)13(11)19;1-15(2,3)23-14(20)19-8-6-17(7-9-19)11-22-12-10-16(4,5)24(21)18-13(12)17;10-5-3-15-9(8(13)16-5)17-4-1-2-14-7(12)6(4)11;1-7-8(10)9(6-12-7)2-4-11-5-3-9;/h2,5,8,10,14H,3-4,6-7,9,20H2,1H3,(H2,21,23)(H2,22,25);12-13,18H,6-11H2,1-5H3;1-3H,(H2,12,14)(H2,13,16);7-8,11H,2-6,10H2,1H3;1H/t10-,14+;12-,13+,24+;;7-,8+;/m00.0./s1. The van der Waals surface area contributed by atoms with Crippen LogP contribution in [-0.4, -0.2) is 151 Å². The van der Waals surface area contributed by atoms with Crippen LogP contribution >= 0.6 is 82.3 Å². The molecule has 82 heavy (non-hydrogen) atoms. The van der Waals surface area contributed by atoms with E-state index in [0.29, 0.717) is 55.9 Å². The van der Waals surface area contributed by atoms with E-state index < -0.39 is 16.6 Å². The zero-order valence-electron chi connectivity index (χ0n) is 47.5. The van der Waals surface area contributed by atoms with Gasteiger partial charge in [0, 0.05) is 76.7 Å². The van der Waals surface area contributed by atoms with Gasteiger partial charge in [-0.05, 0) is 119 Å². The van der Waals surface area contributed by atoms with Crippen molar-refractivity contribution in [2.75, 3.05) is 86.9 Å². The minimum absolute atomic E-state index is 0. The Morgan fingerprint density at radius 1 is 0.720 bits per heavy atom. The van der Waals surface area contributed by atoms with Gasteiger partial charge < -0.3 is 68.5 Å². The van der Waals surface area contributed by atoms with Crippen LogP contribution in [0.4, 0.5) is 33.9 Å². The number of nitrogens with one attached hydrogen (secondary N) is 2. The summed E-state index contributed by atoms with van der Waals surface area (Å²) in [5, 5.41) is 5.47. The number of ether oxygens (including phenoxy) is 4. The van der Waals surface area contributed by atoms with E-state index >= 15 is 0 Å². The van der Waals surface area contributed by atoms with Crippen molar-refractivity contribution in [1.82, 2.24) is 44.8 Å². The second-order valence-electron chi connectivity index (χ2n) is 23.6.